The van der Waals surface area contributed by atoms with Crippen molar-refractivity contribution < 1.29 is 14.3 Å². The summed E-state index contributed by atoms with van der Waals surface area (Å²) in [6.45, 7) is 0.724. The average molecular weight is 362 g/mol. The van der Waals surface area contributed by atoms with Crippen molar-refractivity contribution in [2.24, 2.45) is 5.73 Å². The summed E-state index contributed by atoms with van der Waals surface area (Å²) in [5.74, 6) is 6.62. The highest BCUT2D eigenvalue weighted by Gasteiger charge is 2.26. The first-order valence-electron chi connectivity index (χ1n) is 9.10. The average Bonchev–Trinajstić information content (AvgIpc) is 2.64. The number of rotatable bonds is 6. The molecule has 0 fully saturated rings. The van der Waals surface area contributed by atoms with Gasteiger partial charge in [-0.25, -0.2) is 0 Å². The second kappa shape index (κ2) is 9.02. The Balaban J connectivity index is 1.72. The van der Waals surface area contributed by atoms with Crippen LogP contribution in [0.3, 0.4) is 0 Å². The largest absolute Gasteiger partial charge is 0.456 e. The van der Waals surface area contributed by atoms with E-state index < -0.39 is 5.91 Å². The van der Waals surface area contributed by atoms with Gasteiger partial charge in [-0.3, -0.25) is 14.9 Å². The van der Waals surface area contributed by atoms with Gasteiger partial charge in [0.15, 0.2) is 0 Å². The third-order valence-electron chi connectivity index (χ3n) is 4.24. The van der Waals surface area contributed by atoms with Gasteiger partial charge in [-0.15, -0.1) is 0 Å². The number of hydrogen-bond donors (Lipinski definition) is 2. The Hall–Kier alpha value is -3.10. The predicted molar refractivity (Wildman–Crippen MR) is 104 cm³/mol. The normalized spacial score (nSPS) is 12.6. The SMILES string of the molecule is NCCCCCC#Cc1cccc(Oc2cccc3c2C(=O)NC(=O)C3)c1. The zero-order valence-corrected chi connectivity index (χ0v) is 15.1. The molecule has 2 amide bonds. The summed E-state index contributed by atoms with van der Waals surface area (Å²) in [6.07, 6.45) is 4.19. The van der Waals surface area contributed by atoms with Gasteiger partial charge in [-0.2, -0.15) is 0 Å². The predicted octanol–water partition coefficient (Wildman–Crippen LogP) is 3.16. The number of nitrogens with one attached hydrogen (secondary N) is 1. The zero-order chi connectivity index (χ0) is 19.1. The molecule has 0 atom stereocenters. The maximum Gasteiger partial charge on any atom is 0.261 e. The fourth-order valence-electron chi connectivity index (χ4n) is 2.94. The Bertz CT molecular complexity index is 909. The molecule has 5 heteroatoms. The van der Waals surface area contributed by atoms with Crippen molar-refractivity contribution in [2.75, 3.05) is 6.54 Å². The van der Waals surface area contributed by atoms with Crippen LogP contribution in [-0.2, 0) is 11.2 Å². The number of carbonyl (C=O) groups excluding carboxylic acids is 2. The molecule has 0 aromatic heterocycles. The second-order valence-electron chi connectivity index (χ2n) is 6.38. The zero-order valence-electron chi connectivity index (χ0n) is 15.1. The standard InChI is InChI=1S/C22H22N2O3/c23-13-5-3-1-2-4-8-16-9-6-11-18(14-16)27-19-12-7-10-17-15-20(25)24-22(26)21(17)19/h6-7,9-12,14H,1-3,5,13,15,23H2,(H,24,25,26). The Morgan fingerprint density at radius 1 is 1.07 bits per heavy atom. The molecule has 2 aromatic rings. The van der Waals surface area contributed by atoms with Gasteiger partial charge in [-0.1, -0.05) is 36.5 Å². The number of fused-ring (bicyclic) bond motifs is 1. The first-order valence-corrected chi connectivity index (χ1v) is 9.10. The summed E-state index contributed by atoms with van der Waals surface area (Å²) in [5, 5.41) is 2.33. The molecule has 1 aliphatic heterocycles. The van der Waals surface area contributed by atoms with Crippen LogP contribution in [0.25, 0.3) is 0 Å². The minimum absolute atomic E-state index is 0.175. The summed E-state index contributed by atoms with van der Waals surface area (Å²) in [6, 6.07) is 12.7. The van der Waals surface area contributed by atoms with Crippen LogP contribution >= 0.6 is 0 Å². The quantitative estimate of drug-likeness (QED) is 0.470. The highest BCUT2D eigenvalue weighted by atomic mass is 16.5. The third-order valence-corrected chi connectivity index (χ3v) is 4.24. The maximum atomic E-state index is 12.2. The Morgan fingerprint density at radius 3 is 2.78 bits per heavy atom. The summed E-state index contributed by atoms with van der Waals surface area (Å²) >= 11 is 0. The lowest BCUT2D eigenvalue weighted by Gasteiger charge is -2.18. The topological polar surface area (TPSA) is 81.4 Å². The fraction of sp³-hybridized carbons (Fsp3) is 0.273. The van der Waals surface area contributed by atoms with E-state index >= 15 is 0 Å². The number of amides is 2. The molecule has 0 spiro atoms. The number of nitrogens with two attached hydrogens (primary N) is 1. The first-order chi connectivity index (χ1) is 13.2. The lowest BCUT2D eigenvalue weighted by molar-refractivity contribution is -0.119. The third kappa shape index (κ3) is 4.96. The van der Waals surface area contributed by atoms with E-state index in [0.29, 0.717) is 22.6 Å². The Kier molecular flexibility index (Phi) is 6.24. The Morgan fingerprint density at radius 2 is 1.93 bits per heavy atom. The van der Waals surface area contributed by atoms with Gasteiger partial charge >= 0.3 is 0 Å². The van der Waals surface area contributed by atoms with E-state index in [1.165, 1.54) is 0 Å². The molecule has 3 rings (SSSR count). The smallest absolute Gasteiger partial charge is 0.261 e. The van der Waals surface area contributed by atoms with E-state index in [9.17, 15) is 9.59 Å². The van der Waals surface area contributed by atoms with Crippen LogP contribution < -0.4 is 15.8 Å². The summed E-state index contributed by atoms with van der Waals surface area (Å²) < 4.78 is 5.93. The number of unbranched alkanes of at least 4 members (excludes halogenated alkanes) is 3. The van der Waals surface area contributed by atoms with Crippen molar-refractivity contribution in [3.63, 3.8) is 0 Å². The van der Waals surface area contributed by atoms with E-state index in [1.54, 1.807) is 18.2 Å². The summed E-state index contributed by atoms with van der Waals surface area (Å²) in [7, 11) is 0. The van der Waals surface area contributed by atoms with E-state index in [1.807, 2.05) is 24.3 Å². The fourth-order valence-corrected chi connectivity index (χ4v) is 2.94. The monoisotopic (exact) mass is 362 g/mol. The molecule has 5 nitrogen and oxygen atoms in total. The molecule has 0 radical (unpaired) electrons. The van der Waals surface area contributed by atoms with Crippen LogP contribution in [0, 0.1) is 11.8 Å². The van der Waals surface area contributed by atoms with Crippen LogP contribution in [-0.4, -0.2) is 18.4 Å². The van der Waals surface area contributed by atoms with Crippen LogP contribution in [0.15, 0.2) is 42.5 Å². The minimum Gasteiger partial charge on any atom is -0.456 e. The second-order valence-corrected chi connectivity index (χ2v) is 6.38. The number of benzene rings is 2. The van der Waals surface area contributed by atoms with E-state index in [2.05, 4.69) is 17.2 Å². The summed E-state index contributed by atoms with van der Waals surface area (Å²) in [5.41, 5.74) is 7.42. The number of imide groups is 1. The van der Waals surface area contributed by atoms with Crippen LogP contribution in [0.2, 0.25) is 0 Å². The lowest BCUT2D eigenvalue weighted by atomic mass is 9.99. The maximum absolute atomic E-state index is 12.2. The molecule has 0 saturated heterocycles. The van der Waals surface area contributed by atoms with E-state index in [4.69, 9.17) is 10.5 Å². The van der Waals surface area contributed by atoms with Crippen LogP contribution in [0.5, 0.6) is 11.5 Å². The summed E-state index contributed by atoms with van der Waals surface area (Å²) in [4.78, 5) is 23.7. The highest BCUT2D eigenvalue weighted by molar-refractivity contribution is 6.11. The van der Waals surface area contributed by atoms with Gasteiger partial charge in [0.05, 0.1) is 12.0 Å². The van der Waals surface area contributed by atoms with Crippen molar-refractivity contribution >= 4 is 11.8 Å². The molecule has 138 valence electrons. The van der Waals surface area contributed by atoms with Gasteiger partial charge in [0.1, 0.15) is 11.5 Å². The van der Waals surface area contributed by atoms with Gasteiger partial charge in [0.25, 0.3) is 5.91 Å². The molecular weight excluding hydrogens is 340 g/mol. The van der Waals surface area contributed by atoms with Crippen LogP contribution in [0.4, 0.5) is 0 Å². The van der Waals surface area contributed by atoms with Gasteiger partial charge < -0.3 is 10.5 Å². The molecule has 0 bridgehead atoms. The Labute approximate surface area is 158 Å². The van der Waals surface area contributed by atoms with Gasteiger partial charge in [0.2, 0.25) is 5.91 Å². The molecule has 0 aliphatic carbocycles. The van der Waals surface area contributed by atoms with Crippen molar-refractivity contribution in [1.82, 2.24) is 5.32 Å². The van der Waals surface area contributed by atoms with E-state index in [-0.39, 0.29) is 12.3 Å². The molecule has 1 aliphatic rings. The number of ether oxygens (including phenoxy) is 1. The molecule has 3 N–H and O–H groups in total. The molecular formula is C22H22N2O3. The molecule has 0 unspecified atom stereocenters. The minimum atomic E-state index is -0.426. The molecule has 0 saturated carbocycles. The van der Waals surface area contributed by atoms with Crippen molar-refractivity contribution in [1.29, 1.82) is 0 Å². The first kappa shape index (κ1) is 18.7. The van der Waals surface area contributed by atoms with Gasteiger partial charge in [0, 0.05) is 12.0 Å². The van der Waals surface area contributed by atoms with Crippen molar-refractivity contribution in [2.45, 2.75) is 32.1 Å². The van der Waals surface area contributed by atoms with Crippen molar-refractivity contribution in [3.05, 3.63) is 59.2 Å². The lowest BCUT2D eigenvalue weighted by Crippen LogP contribution is -2.37. The van der Waals surface area contributed by atoms with Gasteiger partial charge in [-0.05, 0) is 49.2 Å². The number of hydrogen-bond acceptors (Lipinski definition) is 4. The molecule has 27 heavy (non-hydrogen) atoms. The van der Waals surface area contributed by atoms with E-state index in [0.717, 1.165) is 37.8 Å². The molecule has 1 heterocycles. The number of carbonyl (C=O) groups is 2. The van der Waals surface area contributed by atoms with Crippen LogP contribution in [0.1, 0.15) is 47.2 Å². The molecule has 2 aromatic carbocycles. The van der Waals surface area contributed by atoms with Crippen molar-refractivity contribution in [3.8, 4) is 23.3 Å². The highest BCUT2D eigenvalue weighted by Crippen LogP contribution is 2.30.